The number of imidazole rings is 1. The summed E-state index contributed by atoms with van der Waals surface area (Å²) >= 11 is 0. The van der Waals surface area contributed by atoms with Gasteiger partial charge >= 0.3 is 6.09 Å². The molecule has 1 amide bonds. The van der Waals surface area contributed by atoms with Crippen molar-refractivity contribution < 1.29 is 46.1 Å². The fraction of sp³-hybridized carbons (Fsp3) is 0.283. The van der Waals surface area contributed by atoms with Gasteiger partial charge in [0.1, 0.15) is 27.0 Å². The molecule has 0 aliphatic rings. The van der Waals surface area contributed by atoms with Crippen molar-refractivity contribution in [3.05, 3.63) is 120 Å². The van der Waals surface area contributed by atoms with Crippen molar-refractivity contribution in [2.75, 3.05) is 40.2 Å². The van der Waals surface area contributed by atoms with Crippen LogP contribution in [0.3, 0.4) is 0 Å². The topological polar surface area (TPSA) is 270 Å². The van der Waals surface area contributed by atoms with Gasteiger partial charge in [-0.05, 0) is 96.8 Å². The van der Waals surface area contributed by atoms with E-state index in [-0.39, 0.29) is 42.5 Å². The predicted octanol–water partition coefficient (Wildman–Crippen LogP) is 5.35. The molecule has 0 unspecified atom stereocenters. The lowest BCUT2D eigenvalue weighted by atomic mass is 9.98. The number of rotatable bonds is 19. The summed E-state index contributed by atoms with van der Waals surface area (Å²) in [7, 11) is -5.40. The predicted molar refractivity (Wildman–Crippen MR) is 253 cm³/mol. The lowest BCUT2D eigenvalue weighted by Gasteiger charge is -2.34. The molecule has 7 aromatic rings. The second kappa shape index (κ2) is 20.0. The van der Waals surface area contributed by atoms with E-state index in [2.05, 4.69) is 30.1 Å². The van der Waals surface area contributed by atoms with E-state index < -0.39 is 60.7 Å². The summed E-state index contributed by atoms with van der Waals surface area (Å²) in [4.78, 5) is 20.4. The number of nitrogens with one attached hydrogen (secondary N) is 2. The largest absolute Gasteiger partial charge is 0.497 e. The van der Waals surface area contributed by atoms with Gasteiger partial charge in [-0.1, -0.05) is 54.6 Å². The van der Waals surface area contributed by atoms with E-state index in [1.54, 1.807) is 119 Å². The lowest BCUT2D eigenvalue weighted by molar-refractivity contribution is 0.0577. The van der Waals surface area contributed by atoms with Crippen LogP contribution in [0.4, 0.5) is 10.7 Å². The number of aliphatic hydroxyl groups is 1. The van der Waals surface area contributed by atoms with Crippen LogP contribution in [0.1, 0.15) is 37.5 Å². The summed E-state index contributed by atoms with van der Waals surface area (Å²) in [6.07, 6.45) is -2.88. The highest BCUT2D eigenvalue weighted by Crippen LogP contribution is 2.43. The van der Waals surface area contributed by atoms with Crippen molar-refractivity contribution in [1.29, 1.82) is 0 Å². The van der Waals surface area contributed by atoms with Gasteiger partial charge in [-0.3, -0.25) is 0 Å². The SMILES string of the molecule is COc1ccc(CN(Cc2ccc(OC)cc2)S(=O)(=O)c2c(S(=O)(=O)NC[C@@H](O)CN(C(=O)O)C(C)(C)C)ccc(-c3cccc4[nH]c(N)nc34)c2-c2nnn(Cc3ccc(OC)cc3)n2)cc1. The number of para-hydroxylation sites is 1. The smallest absolute Gasteiger partial charge is 0.407 e. The van der Waals surface area contributed by atoms with Crippen LogP contribution in [0, 0.1) is 0 Å². The maximum atomic E-state index is 16.1. The molecule has 68 heavy (non-hydrogen) atoms. The first kappa shape index (κ1) is 48.8. The molecule has 0 aliphatic carbocycles. The van der Waals surface area contributed by atoms with Crippen LogP contribution in [0.25, 0.3) is 33.5 Å². The Morgan fingerprint density at radius 3 is 1.90 bits per heavy atom. The number of sulfonamides is 2. The molecular formula is C46H52N10O10S2. The van der Waals surface area contributed by atoms with Crippen LogP contribution in [-0.2, 0) is 39.7 Å². The maximum Gasteiger partial charge on any atom is 0.407 e. The highest BCUT2D eigenvalue weighted by molar-refractivity contribution is 7.92. The van der Waals surface area contributed by atoms with Crippen LogP contribution in [-0.4, -0.2) is 119 Å². The van der Waals surface area contributed by atoms with E-state index in [9.17, 15) is 23.4 Å². The van der Waals surface area contributed by atoms with Gasteiger partial charge in [-0.2, -0.15) is 9.10 Å². The monoisotopic (exact) mass is 968 g/mol. The molecule has 6 N–H and O–H groups in total. The summed E-state index contributed by atoms with van der Waals surface area (Å²) in [5, 5.41) is 34.4. The number of benzene rings is 5. The Bertz CT molecular complexity index is 3070. The van der Waals surface area contributed by atoms with Gasteiger partial charge in [0, 0.05) is 30.7 Å². The maximum absolute atomic E-state index is 16.1. The van der Waals surface area contributed by atoms with Crippen molar-refractivity contribution >= 4 is 43.1 Å². The second-order valence-corrected chi connectivity index (χ2v) is 20.3. The van der Waals surface area contributed by atoms with Crippen LogP contribution < -0.4 is 24.7 Å². The third kappa shape index (κ3) is 10.8. The molecule has 20 nitrogen and oxygen atoms in total. The number of nitrogens with two attached hydrogens (primary N) is 1. The van der Waals surface area contributed by atoms with Gasteiger partial charge in [0.25, 0.3) is 0 Å². The zero-order chi connectivity index (χ0) is 49.0. The summed E-state index contributed by atoms with van der Waals surface area (Å²) in [5.74, 6) is 1.50. The number of aromatic amines is 1. The first-order chi connectivity index (χ1) is 32.3. The van der Waals surface area contributed by atoms with Crippen molar-refractivity contribution in [2.45, 2.75) is 61.8 Å². The number of carboxylic acid groups (broad SMARTS) is 1. The molecule has 22 heteroatoms. The number of amides is 1. The van der Waals surface area contributed by atoms with Gasteiger partial charge < -0.3 is 40.0 Å². The molecule has 2 heterocycles. The molecule has 2 aromatic heterocycles. The Morgan fingerprint density at radius 1 is 0.809 bits per heavy atom. The van der Waals surface area contributed by atoms with Crippen LogP contribution in [0.5, 0.6) is 17.2 Å². The summed E-state index contributed by atoms with van der Waals surface area (Å²) < 4.78 is 81.4. The van der Waals surface area contributed by atoms with Crippen molar-refractivity contribution in [2.24, 2.45) is 0 Å². The Labute approximate surface area is 393 Å². The van der Waals surface area contributed by atoms with E-state index in [1.807, 2.05) is 0 Å². The molecular weight excluding hydrogens is 917 g/mol. The fourth-order valence-corrected chi connectivity index (χ4v) is 11.0. The standard InChI is InChI=1S/C46H52N10O10S2/c1-46(2,3)55(45(58)59)28-32(57)24-48-67(60,61)39-23-22-36(37-8-7-9-38-41(37)50-44(47)49-38)40(43-51-53-56(52-43)27-31-14-20-35(66-6)21-15-31)42(39)68(62,63)54(25-29-10-16-33(64-4)17-11-29)26-30-12-18-34(65-5)19-13-30/h7-23,32,48,57H,24-28H2,1-6H3,(H,58,59)(H3,47,49,50)/t32-/m1/s1. The molecule has 7 rings (SSSR count). The van der Waals surface area contributed by atoms with Gasteiger partial charge in [0.05, 0.1) is 57.1 Å². The number of nitrogen functional groups attached to an aromatic ring is 1. The van der Waals surface area contributed by atoms with Gasteiger partial charge in [0.15, 0.2) is 5.95 Å². The third-order valence-electron chi connectivity index (χ3n) is 11.0. The molecule has 5 aromatic carbocycles. The Hall–Kier alpha value is -7.11. The Kier molecular flexibility index (Phi) is 14.4. The lowest BCUT2D eigenvalue weighted by Crippen LogP contribution is -2.50. The average Bonchev–Trinajstić information content (AvgIpc) is 3.95. The van der Waals surface area contributed by atoms with Gasteiger partial charge in [-0.25, -0.2) is 31.3 Å². The van der Waals surface area contributed by atoms with Crippen LogP contribution >= 0.6 is 0 Å². The minimum absolute atomic E-state index is 0.0745. The fourth-order valence-electron chi connectivity index (χ4n) is 7.47. The molecule has 0 bridgehead atoms. The zero-order valence-corrected chi connectivity index (χ0v) is 39.7. The molecule has 0 fully saturated rings. The number of methoxy groups -OCH3 is 3. The Morgan fingerprint density at radius 2 is 1.37 bits per heavy atom. The number of carbonyl (C=O) groups is 1. The number of ether oxygens (including phenoxy) is 3. The average molecular weight is 969 g/mol. The molecule has 1 atom stereocenters. The first-order valence-corrected chi connectivity index (χ1v) is 24.0. The van der Waals surface area contributed by atoms with E-state index in [0.717, 1.165) is 20.8 Å². The number of aromatic nitrogens is 6. The number of hydrogen-bond donors (Lipinski definition) is 5. The second-order valence-electron chi connectivity index (χ2n) is 16.7. The Balaban J connectivity index is 1.47. The minimum Gasteiger partial charge on any atom is -0.497 e. The van der Waals surface area contributed by atoms with E-state index in [1.165, 1.54) is 25.1 Å². The van der Waals surface area contributed by atoms with Crippen molar-refractivity contribution in [3.8, 4) is 39.8 Å². The number of hydrogen-bond acceptors (Lipinski definition) is 14. The van der Waals surface area contributed by atoms with Crippen molar-refractivity contribution in [3.63, 3.8) is 0 Å². The van der Waals surface area contributed by atoms with E-state index in [4.69, 9.17) is 19.9 Å². The first-order valence-electron chi connectivity index (χ1n) is 21.1. The quantitative estimate of drug-likeness (QED) is 0.0684. The van der Waals surface area contributed by atoms with Gasteiger partial charge in [0.2, 0.25) is 25.9 Å². The molecule has 0 saturated carbocycles. The normalized spacial score (nSPS) is 12.6. The van der Waals surface area contributed by atoms with Crippen LogP contribution in [0.15, 0.2) is 113 Å². The third-order valence-corrected chi connectivity index (χ3v) is 14.4. The zero-order valence-electron chi connectivity index (χ0n) is 38.1. The number of tetrazole rings is 1. The number of aliphatic hydroxyl groups excluding tert-OH is 1. The highest BCUT2D eigenvalue weighted by Gasteiger charge is 2.39. The summed E-state index contributed by atoms with van der Waals surface area (Å²) in [6, 6.07) is 28.3. The summed E-state index contributed by atoms with van der Waals surface area (Å²) in [6.45, 7) is 3.29. The van der Waals surface area contributed by atoms with E-state index in [0.29, 0.717) is 45.0 Å². The van der Waals surface area contributed by atoms with Gasteiger partial charge in [-0.15, -0.1) is 10.2 Å². The number of anilines is 1. The molecule has 0 saturated heterocycles. The minimum atomic E-state index is -5.03. The number of fused-ring (bicyclic) bond motifs is 1. The summed E-state index contributed by atoms with van der Waals surface area (Å²) in [5.41, 5.74) is 8.14. The number of nitrogens with zero attached hydrogens (tertiary/aromatic N) is 7. The number of H-pyrrole nitrogens is 1. The number of β-amino-alcohol motifs (C(OH)–C–C–N with tert-alkyl or cyclic N) is 1. The van der Waals surface area contributed by atoms with Crippen LogP contribution in [0.2, 0.25) is 0 Å². The molecule has 0 aliphatic heterocycles. The highest BCUT2D eigenvalue weighted by atomic mass is 32.2. The van der Waals surface area contributed by atoms with E-state index >= 15 is 8.42 Å². The molecule has 0 radical (unpaired) electrons. The molecule has 0 spiro atoms. The molecule has 358 valence electrons. The van der Waals surface area contributed by atoms with Crippen molar-refractivity contribution in [1.82, 2.24) is 44.1 Å².